The lowest BCUT2D eigenvalue weighted by Gasteiger charge is -2.21. The van der Waals surface area contributed by atoms with Gasteiger partial charge in [-0.05, 0) is 42.4 Å². The third-order valence-electron chi connectivity index (χ3n) is 3.28. The maximum atomic E-state index is 9.35. The van der Waals surface area contributed by atoms with E-state index in [2.05, 4.69) is 16.3 Å². The molecule has 2 aromatic carbocycles. The van der Waals surface area contributed by atoms with Gasteiger partial charge >= 0.3 is 0 Å². The van der Waals surface area contributed by atoms with Crippen LogP contribution < -0.4 is 10.2 Å². The van der Waals surface area contributed by atoms with Crippen LogP contribution in [0.3, 0.4) is 0 Å². The van der Waals surface area contributed by atoms with Crippen molar-refractivity contribution >= 4 is 17.3 Å². The molecule has 0 fully saturated rings. The number of benzene rings is 2. The summed E-state index contributed by atoms with van der Waals surface area (Å²) in [6, 6.07) is 16.0. The molecule has 0 amide bonds. The third-order valence-corrected chi connectivity index (χ3v) is 3.52. The highest BCUT2D eigenvalue weighted by Crippen LogP contribution is 2.23. The minimum Gasteiger partial charge on any atom is -0.369 e. The van der Waals surface area contributed by atoms with Crippen LogP contribution in [-0.2, 0) is 13.1 Å². The Hall–Kier alpha value is -2.02. The Balaban J connectivity index is 2.22. The molecule has 0 saturated heterocycles. The first-order valence-corrected chi connectivity index (χ1v) is 7.15. The first-order chi connectivity index (χ1) is 10.1. The predicted molar refractivity (Wildman–Crippen MR) is 87.5 cm³/mol. The molecule has 0 aliphatic carbocycles. The summed E-state index contributed by atoms with van der Waals surface area (Å²) in [6.45, 7) is 1.47. The fourth-order valence-corrected chi connectivity index (χ4v) is 2.53. The molecule has 0 aliphatic rings. The lowest BCUT2D eigenvalue weighted by molar-refractivity contribution is 0.816. The molecule has 0 saturated carbocycles. The van der Waals surface area contributed by atoms with E-state index in [0.717, 1.165) is 28.4 Å². The monoisotopic (exact) mass is 299 g/mol. The normalized spacial score (nSPS) is 10.2. The molecule has 0 heterocycles. The predicted octanol–water partition coefficient (Wildman–Crippen LogP) is 3.57. The van der Waals surface area contributed by atoms with E-state index in [4.69, 9.17) is 11.6 Å². The lowest BCUT2D eigenvalue weighted by atomic mass is 10.1. The number of nitrogens with zero attached hydrogens (tertiary/aromatic N) is 2. The zero-order valence-electron chi connectivity index (χ0n) is 12.2. The molecule has 0 aromatic heterocycles. The molecule has 0 radical (unpaired) electrons. The van der Waals surface area contributed by atoms with E-state index in [1.54, 1.807) is 0 Å². The van der Waals surface area contributed by atoms with E-state index in [0.29, 0.717) is 12.1 Å². The molecule has 2 rings (SSSR count). The van der Waals surface area contributed by atoms with Gasteiger partial charge in [0.15, 0.2) is 0 Å². The highest BCUT2D eigenvalue weighted by Gasteiger charge is 2.09. The van der Waals surface area contributed by atoms with Crippen molar-refractivity contribution in [2.24, 2.45) is 0 Å². The molecule has 108 valence electrons. The van der Waals surface area contributed by atoms with Crippen LogP contribution in [-0.4, -0.2) is 14.1 Å². The maximum absolute atomic E-state index is 9.35. The average molecular weight is 300 g/mol. The molecule has 1 N–H and O–H groups in total. The molecule has 4 heteroatoms. The maximum Gasteiger partial charge on any atom is 0.101 e. The average Bonchev–Trinajstić information content (AvgIpc) is 2.47. The fourth-order valence-electron chi connectivity index (χ4n) is 2.31. The summed E-state index contributed by atoms with van der Waals surface area (Å²) in [6.07, 6.45) is 0. The number of hydrogen-bond acceptors (Lipinski definition) is 3. The van der Waals surface area contributed by atoms with Gasteiger partial charge in [-0.3, -0.25) is 0 Å². The molecular formula is C17H18ClN3. The summed E-state index contributed by atoms with van der Waals surface area (Å²) < 4.78 is 0. The zero-order valence-corrected chi connectivity index (χ0v) is 13.0. The van der Waals surface area contributed by atoms with Crippen LogP contribution in [0.25, 0.3) is 0 Å². The first kappa shape index (κ1) is 15.4. The SMILES string of the molecule is CNCc1ccc(N(C)Cc2cccc(Cl)c2)c(C#N)c1. The molecule has 0 spiro atoms. The van der Waals surface area contributed by atoms with Crippen LogP contribution in [0.5, 0.6) is 0 Å². The van der Waals surface area contributed by atoms with Crippen LogP contribution in [0, 0.1) is 11.3 Å². The quantitative estimate of drug-likeness (QED) is 0.917. The van der Waals surface area contributed by atoms with E-state index in [9.17, 15) is 5.26 Å². The Bertz CT molecular complexity index is 661. The van der Waals surface area contributed by atoms with Crippen molar-refractivity contribution in [2.45, 2.75) is 13.1 Å². The number of halogens is 1. The van der Waals surface area contributed by atoms with Gasteiger partial charge in [0.25, 0.3) is 0 Å². The standard InChI is InChI=1S/C17H18ClN3/c1-20-11-13-6-7-17(15(8-13)10-19)21(2)12-14-4-3-5-16(18)9-14/h3-9,20H,11-12H2,1-2H3. The van der Waals surface area contributed by atoms with Crippen LogP contribution in [0.15, 0.2) is 42.5 Å². The number of nitriles is 1. The Morgan fingerprint density at radius 2 is 2.00 bits per heavy atom. The third kappa shape index (κ3) is 3.98. The summed E-state index contributed by atoms with van der Waals surface area (Å²) >= 11 is 6.01. The Morgan fingerprint density at radius 1 is 1.19 bits per heavy atom. The summed E-state index contributed by atoms with van der Waals surface area (Å²) in [7, 11) is 3.88. The lowest BCUT2D eigenvalue weighted by Crippen LogP contribution is -2.18. The van der Waals surface area contributed by atoms with Gasteiger partial charge in [0, 0.05) is 25.2 Å². The van der Waals surface area contributed by atoms with Crippen molar-refractivity contribution < 1.29 is 0 Å². The van der Waals surface area contributed by atoms with E-state index >= 15 is 0 Å². The van der Waals surface area contributed by atoms with Gasteiger partial charge in [0.1, 0.15) is 6.07 Å². The van der Waals surface area contributed by atoms with Gasteiger partial charge in [-0.15, -0.1) is 0 Å². The largest absolute Gasteiger partial charge is 0.369 e. The van der Waals surface area contributed by atoms with E-state index in [-0.39, 0.29) is 0 Å². The van der Waals surface area contributed by atoms with Crippen LogP contribution >= 0.6 is 11.6 Å². The number of rotatable bonds is 5. The highest BCUT2D eigenvalue weighted by atomic mass is 35.5. The van der Waals surface area contributed by atoms with E-state index in [1.807, 2.05) is 56.6 Å². The first-order valence-electron chi connectivity index (χ1n) is 6.77. The second-order valence-corrected chi connectivity index (χ2v) is 5.42. The molecule has 2 aromatic rings. The van der Waals surface area contributed by atoms with Gasteiger partial charge in [-0.2, -0.15) is 5.26 Å². The summed E-state index contributed by atoms with van der Waals surface area (Å²) in [5.74, 6) is 0. The Labute approximate surface area is 130 Å². The van der Waals surface area contributed by atoms with Crippen molar-refractivity contribution in [1.82, 2.24) is 5.32 Å². The smallest absolute Gasteiger partial charge is 0.101 e. The van der Waals surface area contributed by atoms with Gasteiger partial charge < -0.3 is 10.2 Å². The molecule has 0 atom stereocenters. The summed E-state index contributed by atoms with van der Waals surface area (Å²) in [5.41, 5.74) is 3.84. The van der Waals surface area contributed by atoms with E-state index in [1.165, 1.54) is 0 Å². The van der Waals surface area contributed by atoms with Crippen LogP contribution in [0.2, 0.25) is 5.02 Å². The molecule has 21 heavy (non-hydrogen) atoms. The van der Waals surface area contributed by atoms with Crippen LogP contribution in [0.1, 0.15) is 16.7 Å². The Morgan fingerprint density at radius 3 is 2.67 bits per heavy atom. The number of nitrogens with one attached hydrogen (secondary N) is 1. The van der Waals surface area contributed by atoms with Crippen molar-refractivity contribution in [1.29, 1.82) is 5.26 Å². The molecule has 0 aliphatic heterocycles. The summed E-state index contributed by atoms with van der Waals surface area (Å²) in [4.78, 5) is 2.06. The summed E-state index contributed by atoms with van der Waals surface area (Å²) in [5, 5.41) is 13.2. The minimum absolute atomic E-state index is 0.687. The second-order valence-electron chi connectivity index (χ2n) is 4.98. The number of hydrogen-bond donors (Lipinski definition) is 1. The Kier molecular flexibility index (Phi) is 5.21. The van der Waals surface area contributed by atoms with Gasteiger partial charge in [0.2, 0.25) is 0 Å². The van der Waals surface area contributed by atoms with Crippen molar-refractivity contribution in [3.63, 3.8) is 0 Å². The van der Waals surface area contributed by atoms with E-state index < -0.39 is 0 Å². The minimum atomic E-state index is 0.687. The molecular weight excluding hydrogens is 282 g/mol. The van der Waals surface area contributed by atoms with Gasteiger partial charge in [0.05, 0.1) is 11.3 Å². The van der Waals surface area contributed by atoms with Crippen molar-refractivity contribution in [3.8, 4) is 6.07 Å². The number of anilines is 1. The van der Waals surface area contributed by atoms with Crippen LogP contribution in [0.4, 0.5) is 5.69 Å². The second kappa shape index (κ2) is 7.12. The fraction of sp³-hybridized carbons (Fsp3) is 0.235. The van der Waals surface area contributed by atoms with Gasteiger partial charge in [-0.1, -0.05) is 29.8 Å². The molecule has 3 nitrogen and oxygen atoms in total. The van der Waals surface area contributed by atoms with Crippen molar-refractivity contribution in [2.75, 3.05) is 19.0 Å². The van der Waals surface area contributed by atoms with Gasteiger partial charge in [-0.25, -0.2) is 0 Å². The molecule has 0 unspecified atom stereocenters. The van der Waals surface area contributed by atoms with Crippen molar-refractivity contribution in [3.05, 3.63) is 64.2 Å². The topological polar surface area (TPSA) is 39.1 Å². The molecule has 0 bridgehead atoms. The zero-order chi connectivity index (χ0) is 15.2. The highest BCUT2D eigenvalue weighted by molar-refractivity contribution is 6.30.